The largest absolute Gasteiger partial charge is 0.370 e. The fourth-order valence-corrected chi connectivity index (χ4v) is 3.26. The van der Waals surface area contributed by atoms with E-state index in [1.54, 1.807) is 0 Å². The molecule has 2 aromatic heterocycles. The van der Waals surface area contributed by atoms with Gasteiger partial charge in [-0.3, -0.25) is 0 Å². The molecule has 5 nitrogen and oxygen atoms in total. The van der Waals surface area contributed by atoms with Crippen molar-refractivity contribution in [3.8, 4) is 11.4 Å². The summed E-state index contributed by atoms with van der Waals surface area (Å²) >= 11 is 0. The Balaban J connectivity index is 1.51. The standard InChI is InChI=1S/C23H25N5/c1-2-13-24-21-15-22(28-23(27-21)17-8-4-3-5-9-17)25-14-12-18-16-26-20-11-7-6-10-19(18)20/h3-11,15-16,26H,2,12-14H2,1H3,(H2,24,25,27,28). The van der Waals surface area contributed by atoms with Crippen molar-refractivity contribution in [2.75, 3.05) is 23.7 Å². The van der Waals surface area contributed by atoms with Gasteiger partial charge in [0, 0.05) is 41.8 Å². The molecular formula is C23H25N5. The van der Waals surface area contributed by atoms with E-state index >= 15 is 0 Å². The maximum atomic E-state index is 4.72. The third-order valence-electron chi connectivity index (χ3n) is 4.69. The van der Waals surface area contributed by atoms with Gasteiger partial charge in [0.05, 0.1) is 0 Å². The number of para-hydroxylation sites is 1. The van der Waals surface area contributed by atoms with Crippen LogP contribution < -0.4 is 10.6 Å². The Morgan fingerprint density at radius 2 is 1.57 bits per heavy atom. The Hall–Kier alpha value is -3.34. The summed E-state index contributed by atoms with van der Waals surface area (Å²) in [6, 6.07) is 20.5. The van der Waals surface area contributed by atoms with E-state index in [4.69, 9.17) is 4.98 Å². The van der Waals surface area contributed by atoms with Crippen molar-refractivity contribution >= 4 is 22.5 Å². The third-order valence-corrected chi connectivity index (χ3v) is 4.69. The minimum absolute atomic E-state index is 0.733. The molecule has 4 rings (SSSR count). The first-order chi connectivity index (χ1) is 13.8. The minimum atomic E-state index is 0.733. The van der Waals surface area contributed by atoms with Gasteiger partial charge in [0.2, 0.25) is 0 Å². The van der Waals surface area contributed by atoms with Crippen molar-refractivity contribution in [3.05, 3.63) is 72.4 Å². The zero-order valence-electron chi connectivity index (χ0n) is 16.1. The number of benzene rings is 2. The first-order valence-corrected chi connectivity index (χ1v) is 9.80. The number of aromatic amines is 1. The second-order valence-electron chi connectivity index (χ2n) is 6.79. The fraction of sp³-hybridized carbons (Fsp3) is 0.217. The lowest BCUT2D eigenvalue weighted by atomic mass is 10.1. The molecule has 3 N–H and O–H groups in total. The first-order valence-electron chi connectivity index (χ1n) is 9.80. The van der Waals surface area contributed by atoms with Gasteiger partial charge in [0.1, 0.15) is 11.6 Å². The van der Waals surface area contributed by atoms with Gasteiger partial charge in [-0.25, -0.2) is 9.97 Å². The molecule has 2 heterocycles. The van der Waals surface area contributed by atoms with Crippen molar-refractivity contribution in [2.45, 2.75) is 19.8 Å². The lowest BCUT2D eigenvalue weighted by Crippen LogP contribution is -2.09. The number of hydrogen-bond acceptors (Lipinski definition) is 4. The Bertz CT molecular complexity index is 1040. The lowest BCUT2D eigenvalue weighted by molar-refractivity contribution is 0.962. The highest BCUT2D eigenvalue weighted by molar-refractivity contribution is 5.83. The zero-order chi connectivity index (χ0) is 19.2. The summed E-state index contributed by atoms with van der Waals surface area (Å²) in [5.41, 5.74) is 3.50. The Kier molecular flexibility index (Phi) is 5.52. The molecule has 0 aliphatic rings. The summed E-state index contributed by atoms with van der Waals surface area (Å²) in [7, 11) is 0. The molecular weight excluding hydrogens is 346 g/mol. The molecule has 0 saturated heterocycles. The number of anilines is 2. The van der Waals surface area contributed by atoms with Crippen LogP contribution in [0.3, 0.4) is 0 Å². The molecule has 0 saturated carbocycles. The van der Waals surface area contributed by atoms with E-state index in [0.29, 0.717) is 0 Å². The summed E-state index contributed by atoms with van der Waals surface area (Å²) in [6.07, 6.45) is 4.07. The van der Waals surface area contributed by atoms with E-state index in [1.165, 1.54) is 16.5 Å². The highest BCUT2D eigenvalue weighted by atomic mass is 15.1. The Morgan fingerprint density at radius 3 is 2.36 bits per heavy atom. The van der Waals surface area contributed by atoms with Gasteiger partial charge >= 0.3 is 0 Å². The predicted octanol–water partition coefficient (Wildman–Crippen LogP) is 5.10. The topological polar surface area (TPSA) is 65.6 Å². The number of fused-ring (bicyclic) bond motifs is 1. The van der Waals surface area contributed by atoms with Crippen LogP contribution in [0.15, 0.2) is 66.9 Å². The van der Waals surface area contributed by atoms with E-state index in [2.05, 4.69) is 58.0 Å². The number of aromatic nitrogens is 3. The van der Waals surface area contributed by atoms with Crippen molar-refractivity contribution in [2.24, 2.45) is 0 Å². The molecule has 142 valence electrons. The maximum absolute atomic E-state index is 4.72. The van der Waals surface area contributed by atoms with Crippen LogP contribution in [0, 0.1) is 0 Å². The predicted molar refractivity (Wildman–Crippen MR) is 117 cm³/mol. The van der Waals surface area contributed by atoms with Gasteiger partial charge < -0.3 is 15.6 Å². The van der Waals surface area contributed by atoms with Gasteiger partial charge in [0.25, 0.3) is 0 Å². The molecule has 0 radical (unpaired) electrons. The normalized spacial score (nSPS) is 10.9. The molecule has 4 aromatic rings. The molecule has 2 aromatic carbocycles. The molecule has 0 amide bonds. The van der Waals surface area contributed by atoms with Crippen LogP contribution in [0.25, 0.3) is 22.3 Å². The average Bonchev–Trinajstić information content (AvgIpc) is 3.16. The number of nitrogens with one attached hydrogen (secondary N) is 3. The maximum Gasteiger partial charge on any atom is 0.163 e. The lowest BCUT2D eigenvalue weighted by Gasteiger charge is -2.11. The summed E-state index contributed by atoms with van der Waals surface area (Å²) in [6.45, 7) is 3.84. The van der Waals surface area contributed by atoms with E-state index in [1.807, 2.05) is 36.4 Å². The Labute approximate surface area is 165 Å². The van der Waals surface area contributed by atoms with Crippen molar-refractivity contribution in [1.82, 2.24) is 15.0 Å². The van der Waals surface area contributed by atoms with Gasteiger partial charge in [0.15, 0.2) is 5.82 Å². The quantitative estimate of drug-likeness (QED) is 0.403. The average molecular weight is 371 g/mol. The summed E-state index contributed by atoms with van der Waals surface area (Å²) in [5.74, 6) is 2.42. The first kappa shape index (κ1) is 18.0. The van der Waals surface area contributed by atoms with Gasteiger partial charge in [-0.2, -0.15) is 0 Å². The van der Waals surface area contributed by atoms with Crippen LogP contribution in [0.4, 0.5) is 11.6 Å². The van der Waals surface area contributed by atoms with E-state index in [-0.39, 0.29) is 0 Å². The van der Waals surface area contributed by atoms with Crippen LogP contribution >= 0.6 is 0 Å². The highest BCUT2D eigenvalue weighted by Crippen LogP contribution is 2.21. The van der Waals surface area contributed by atoms with E-state index < -0.39 is 0 Å². The minimum Gasteiger partial charge on any atom is -0.370 e. The molecule has 0 spiro atoms. The summed E-state index contributed by atoms with van der Waals surface area (Å²) in [4.78, 5) is 12.7. The van der Waals surface area contributed by atoms with Crippen LogP contribution in [-0.4, -0.2) is 28.0 Å². The van der Waals surface area contributed by atoms with Crippen molar-refractivity contribution in [1.29, 1.82) is 0 Å². The molecule has 0 atom stereocenters. The summed E-state index contributed by atoms with van der Waals surface area (Å²) in [5, 5.41) is 8.13. The fourth-order valence-electron chi connectivity index (χ4n) is 3.26. The monoisotopic (exact) mass is 371 g/mol. The molecule has 0 bridgehead atoms. The second kappa shape index (κ2) is 8.57. The second-order valence-corrected chi connectivity index (χ2v) is 6.79. The van der Waals surface area contributed by atoms with Crippen LogP contribution in [0.2, 0.25) is 0 Å². The number of nitrogens with zero attached hydrogens (tertiary/aromatic N) is 2. The molecule has 0 unspecified atom stereocenters. The molecule has 0 fully saturated rings. The van der Waals surface area contributed by atoms with Gasteiger partial charge in [-0.1, -0.05) is 55.5 Å². The van der Waals surface area contributed by atoms with E-state index in [0.717, 1.165) is 49.0 Å². The molecule has 0 aliphatic carbocycles. The zero-order valence-corrected chi connectivity index (χ0v) is 16.1. The van der Waals surface area contributed by atoms with Crippen LogP contribution in [-0.2, 0) is 6.42 Å². The smallest absolute Gasteiger partial charge is 0.163 e. The van der Waals surface area contributed by atoms with Crippen LogP contribution in [0.1, 0.15) is 18.9 Å². The molecule has 0 aliphatic heterocycles. The SMILES string of the molecule is CCCNc1cc(NCCc2c[nH]c3ccccc23)nc(-c2ccccc2)n1. The van der Waals surface area contributed by atoms with E-state index in [9.17, 15) is 0 Å². The third kappa shape index (κ3) is 4.14. The molecule has 5 heteroatoms. The number of rotatable bonds is 8. The van der Waals surface area contributed by atoms with Crippen LogP contribution in [0.5, 0.6) is 0 Å². The number of H-pyrrole nitrogens is 1. The highest BCUT2D eigenvalue weighted by Gasteiger charge is 2.08. The summed E-state index contributed by atoms with van der Waals surface area (Å²) < 4.78 is 0. The molecule has 28 heavy (non-hydrogen) atoms. The van der Waals surface area contributed by atoms with Crippen molar-refractivity contribution in [3.63, 3.8) is 0 Å². The van der Waals surface area contributed by atoms with Gasteiger partial charge in [-0.15, -0.1) is 0 Å². The number of hydrogen-bond donors (Lipinski definition) is 3. The Morgan fingerprint density at radius 1 is 0.857 bits per heavy atom. The van der Waals surface area contributed by atoms with Crippen molar-refractivity contribution < 1.29 is 0 Å². The van der Waals surface area contributed by atoms with Gasteiger partial charge in [-0.05, 0) is 24.5 Å².